The van der Waals surface area contributed by atoms with Crippen LogP contribution in [0, 0.1) is 0 Å². The van der Waals surface area contributed by atoms with Crippen LogP contribution < -0.4 is 5.32 Å². The fourth-order valence-electron chi connectivity index (χ4n) is 6.11. The van der Waals surface area contributed by atoms with Gasteiger partial charge in [-0.25, -0.2) is 0 Å². The molecule has 0 aromatic heterocycles. The maximum absolute atomic E-state index is 12.2. The second-order valence-electron chi connectivity index (χ2n) is 12.7. The highest BCUT2D eigenvalue weighted by Gasteiger charge is 2.34. The first kappa shape index (κ1) is 35.9. The van der Waals surface area contributed by atoms with E-state index in [0.717, 1.165) is 38.9 Å². The Bertz CT molecular complexity index is 1660. The van der Waals surface area contributed by atoms with Gasteiger partial charge in [0, 0.05) is 44.0 Å². The molecule has 4 aromatic carbocycles. The molecule has 4 aromatic rings. The number of carboxylic acid groups (broad SMARTS) is 1. The standard InChI is InChI=1S/C40H46N2O7/c1-27(39(47)31-10-4-3-5-11-31)42(2)25-35-23-36(30-19-17-28(26-43)18-20-30)49-40(48-35)34-14-7-13-33(22-34)32-12-6-9-29(21-32)24-41-37(44)15-8-16-38(45)46/h3-7,9-14,17-22,27,35-36,39-40,43,47H,8,15-16,23-26H2,1-2H3,(H,41,44)(H,45,46)/t27-,35-,36+,39-,40+/m0/s1. The van der Waals surface area contributed by atoms with Gasteiger partial charge in [0.05, 0.1) is 24.9 Å². The van der Waals surface area contributed by atoms with Crippen LogP contribution in [0.3, 0.4) is 0 Å². The highest BCUT2D eigenvalue weighted by atomic mass is 16.7. The lowest BCUT2D eigenvalue weighted by Crippen LogP contribution is -2.43. The fraction of sp³-hybridized carbons (Fsp3) is 0.350. The molecule has 0 spiro atoms. The van der Waals surface area contributed by atoms with Crippen molar-refractivity contribution in [1.29, 1.82) is 0 Å². The molecule has 0 saturated carbocycles. The summed E-state index contributed by atoms with van der Waals surface area (Å²) >= 11 is 0. The van der Waals surface area contributed by atoms with Crippen molar-refractivity contribution in [2.75, 3.05) is 13.6 Å². The summed E-state index contributed by atoms with van der Waals surface area (Å²) in [5.74, 6) is -1.08. The number of likely N-dealkylation sites (N-methyl/N-ethyl adjacent to an activating group) is 1. The van der Waals surface area contributed by atoms with E-state index in [9.17, 15) is 19.8 Å². The first-order valence-electron chi connectivity index (χ1n) is 16.8. The van der Waals surface area contributed by atoms with Gasteiger partial charge < -0.3 is 30.1 Å². The quantitative estimate of drug-likeness (QED) is 0.116. The number of ether oxygens (including phenoxy) is 2. The minimum absolute atomic E-state index is 0.0280. The molecule has 5 atom stereocenters. The average Bonchev–Trinajstić information content (AvgIpc) is 3.13. The molecular weight excluding hydrogens is 620 g/mol. The SMILES string of the molecule is C[C@@H]([C@H](O)c1ccccc1)N(C)C[C@@H]1C[C@H](c2ccc(CO)cc2)O[C@H](c2cccc(-c3cccc(CNC(=O)CCCC(=O)O)c3)c2)O1. The Morgan fingerprint density at radius 2 is 1.57 bits per heavy atom. The number of carboxylic acids is 1. The van der Waals surface area contributed by atoms with E-state index in [-0.39, 0.29) is 43.6 Å². The molecule has 1 heterocycles. The maximum atomic E-state index is 12.2. The monoisotopic (exact) mass is 666 g/mol. The molecule has 9 heteroatoms. The molecule has 49 heavy (non-hydrogen) atoms. The molecule has 0 bridgehead atoms. The normalized spacial score (nSPS) is 18.9. The van der Waals surface area contributed by atoms with Crippen molar-refractivity contribution in [3.63, 3.8) is 0 Å². The van der Waals surface area contributed by atoms with Crippen molar-refractivity contribution >= 4 is 11.9 Å². The van der Waals surface area contributed by atoms with E-state index in [0.29, 0.717) is 25.9 Å². The molecule has 5 rings (SSSR count). The van der Waals surface area contributed by atoms with Crippen LogP contribution >= 0.6 is 0 Å². The summed E-state index contributed by atoms with van der Waals surface area (Å²) in [6.45, 7) is 2.92. The molecule has 0 unspecified atom stereocenters. The Balaban J connectivity index is 1.32. The maximum Gasteiger partial charge on any atom is 0.303 e. The van der Waals surface area contributed by atoms with Gasteiger partial charge in [0.2, 0.25) is 5.91 Å². The van der Waals surface area contributed by atoms with Gasteiger partial charge in [0.25, 0.3) is 0 Å². The molecule has 1 saturated heterocycles. The van der Waals surface area contributed by atoms with E-state index < -0.39 is 18.4 Å². The molecule has 1 amide bonds. The first-order valence-corrected chi connectivity index (χ1v) is 16.8. The molecule has 9 nitrogen and oxygen atoms in total. The van der Waals surface area contributed by atoms with Crippen molar-refractivity contribution in [2.45, 2.75) is 76.4 Å². The summed E-state index contributed by atoms with van der Waals surface area (Å²) in [5, 5.41) is 32.4. The summed E-state index contributed by atoms with van der Waals surface area (Å²) in [7, 11) is 2.00. The van der Waals surface area contributed by atoms with Crippen LogP contribution in [-0.2, 0) is 32.2 Å². The van der Waals surface area contributed by atoms with Crippen molar-refractivity contribution in [3.8, 4) is 11.1 Å². The van der Waals surface area contributed by atoms with Crippen molar-refractivity contribution in [1.82, 2.24) is 10.2 Å². The zero-order valence-corrected chi connectivity index (χ0v) is 28.1. The van der Waals surface area contributed by atoms with Crippen molar-refractivity contribution < 1.29 is 34.4 Å². The van der Waals surface area contributed by atoms with E-state index in [1.165, 1.54) is 0 Å². The van der Waals surface area contributed by atoms with Crippen LogP contribution in [0.1, 0.15) is 78.9 Å². The van der Waals surface area contributed by atoms with Crippen LogP contribution in [0.25, 0.3) is 11.1 Å². The van der Waals surface area contributed by atoms with Gasteiger partial charge >= 0.3 is 5.97 Å². The third kappa shape index (κ3) is 10.1. The first-order chi connectivity index (χ1) is 23.7. The van der Waals surface area contributed by atoms with E-state index >= 15 is 0 Å². The van der Waals surface area contributed by atoms with E-state index in [2.05, 4.69) is 16.3 Å². The molecule has 1 fully saturated rings. The predicted molar refractivity (Wildman–Crippen MR) is 187 cm³/mol. The van der Waals surface area contributed by atoms with Gasteiger partial charge in [-0.1, -0.05) is 91.0 Å². The molecule has 258 valence electrons. The summed E-state index contributed by atoms with van der Waals surface area (Å²) in [4.78, 5) is 25.1. The Kier molecular flexibility index (Phi) is 12.7. The Hall–Kier alpha value is -4.38. The lowest BCUT2D eigenvalue weighted by Gasteiger charge is -2.39. The van der Waals surface area contributed by atoms with Gasteiger partial charge in [-0.2, -0.15) is 0 Å². The van der Waals surface area contributed by atoms with E-state index in [4.69, 9.17) is 14.6 Å². The summed E-state index contributed by atoms with van der Waals surface area (Å²) in [6.07, 6.45) is -0.660. The van der Waals surface area contributed by atoms with Crippen LogP contribution in [-0.4, -0.2) is 57.8 Å². The van der Waals surface area contributed by atoms with Crippen molar-refractivity contribution in [2.24, 2.45) is 0 Å². The lowest BCUT2D eigenvalue weighted by molar-refractivity contribution is -0.253. The molecule has 1 aliphatic heterocycles. The number of aliphatic hydroxyl groups excluding tert-OH is 2. The Morgan fingerprint density at radius 3 is 2.29 bits per heavy atom. The number of hydrogen-bond acceptors (Lipinski definition) is 7. The van der Waals surface area contributed by atoms with Crippen LogP contribution in [0.5, 0.6) is 0 Å². The highest BCUT2D eigenvalue weighted by molar-refractivity contribution is 5.76. The largest absolute Gasteiger partial charge is 0.481 e. The number of aliphatic carboxylic acids is 1. The minimum atomic E-state index is -0.907. The summed E-state index contributed by atoms with van der Waals surface area (Å²) in [5.41, 5.74) is 6.46. The van der Waals surface area contributed by atoms with E-state index in [1.54, 1.807) is 0 Å². The van der Waals surface area contributed by atoms with Gasteiger partial charge in [0.1, 0.15) is 0 Å². The average molecular weight is 667 g/mol. The number of nitrogens with zero attached hydrogens (tertiary/aromatic N) is 1. The van der Waals surface area contributed by atoms with Crippen LogP contribution in [0.15, 0.2) is 103 Å². The lowest BCUT2D eigenvalue weighted by atomic mass is 9.97. The second-order valence-corrected chi connectivity index (χ2v) is 12.7. The topological polar surface area (TPSA) is 129 Å². The van der Waals surface area contributed by atoms with Crippen LogP contribution in [0.2, 0.25) is 0 Å². The number of carbonyl (C=O) groups excluding carboxylic acids is 1. The smallest absolute Gasteiger partial charge is 0.303 e. The summed E-state index contributed by atoms with van der Waals surface area (Å²) < 4.78 is 13.2. The highest BCUT2D eigenvalue weighted by Crippen LogP contribution is 2.39. The third-order valence-corrected chi connectivity index (χ3v) is 9.10. The number of amides is 1. The number of rotatable bonds is 15. The van der Waals surface area contributed by atoms with Crippen molar-refractivity contribution in [3.05, 3.63) is 131 Å². The number of benzene rings is 4. The second kappa shape index (κ2) is 17.3. The Labute approximate surface area is 288 Å². The van der Waals surface area contributed by atoms with Gasteiger partial charge in [0.15, 0.2) is 6.29 Å². The minimum Gasteiger partial charge on any atom is -0.481 e. The number of aliphatic hydroxyl groups is 2. The van der Waals surface area contributed by atoms with E-state index in [1.807, 2.05) is 111 Å². The number of nitrogens with one attached hydrogen (secondary N) is 1. The molecule has 1 aliphatic rings. The fourth-order valence-corrected chi connectivity index (χ4v) is 6.11. The Morgan fingerprint density at radius 1 is 0.857 bits per heavy atom. The molecular formula is C40H46N2O7. The number of hydrogen-bond donors (Lipinski definition) is 4. The molecule has 0 radical (unpaired) electrons. The van der Waals surface area contributed by atoms with Gasteiger partial charge in [-0.05, 0) is 65.9 Å². The molecule has 0 aliphatic carbocycles. The predicted octanol–water partition coefficient (Wildman–Crippen LogP) is 6.32. The molecule has 4 N–H and O–H groups in total. The zero-order chi connectivity index (χ0) is 34.8. The number of carbonyl (C=O) groups is 2. The third-order valence-electron chi connectivity index (χ3n) is 9.10. The zero-order valence-electron chi connectivity index (χ0n) is 28.1. The van der Waals surface area contributed by atoms with Crippen LogP contribution in [0.4, 0.5) is 0 Å². The van der Waals surface area contributed by atoms with Gasteiger partial charge in [-0.15, -0.1) is 0 Å². The van der Waals surface area contributed by atoms with Gasteiger partial charge in [-0.3, -0.25) is 14.5 Å². The summed E-state index contributed by atoms with van der Waals surface area (Å²) in [6, 6.07) is 33.3.